The number of esters is 1. The van der Waals surface area contributed by atoms with Gasteiger partial charge in [0.05, 0.1) is 13.0 Å². The van der Waals surface area contributed by atoms with E-state index >= 15 is 0 Å². The molecule has 0 aliphatic carbocycles. The van der Waals surface area contributed by atoms with Gasteiger partial charge in [0.2, 0.25) is 5.91 Å². The molecule has 1 rings (SSSR count). The van der Waals surface area contributed by atoms with Crippen molar-refractivity contribution < 1.29 is 14.3 Å². The average Bonchev–Trinajstić information content (AvgIpc) is 2.62. The predicted molar refractivity (Wildman–Crippen MR) is 56.2 cm³/mol. The number of likely N-dealkylation sites (tertiary alicyclic amines) is 1. The van der Waals surface area contributed by atoms with Crippen LogP contribution in [0.15, 0.2) is 0 Å². The molecule has 0 radical (unpaired) electrons. The van der Waals surface area contributed by atoms with Gasteiger partial charge < -0.3 is 9.64 Å². The fourth-order valence-corrected chi connectivity index (χ4v) is 2.14. The number of rotatable bonds is 4. The second kappa shape index (κ2) is 5.14. The third kappa shape index (κ3) is 2.49. The van der Waals surface area contributed by atoms with E-state index in [-0.39, 0.29) is 23.8 Å². The van der Waals surface area contributed by atoms with E-state index in [0.717, 1.165) is 12.8 Å². The summed E-state index contributed by atoms with van der Waals surface area (Å²) in [7, 11) is 1.37. The van der Waals surface area contributed by atoms with Gasteiger partial charge in [-0.15, -0.1) is 0 Å². The number of hydrogen-bond donors (Lipinski definition) is 0. The fourth-order valence-electron chi connectivity index (χ4n) is 2.14. The van der Waals surface area contributed by atoms with Gasteiger partial charge in [0.1, 0.15) is 0 Å². The van der Waals surface area contributed by atoms with Gasteiger partial charge in [0.15, 0.2) is 0 Å². The minimum Gasteiger partial charge on any atom is -0.469 e. The van der Waals surface area contributed by atoms with Crippen molar-refractivity contribution in [3.05, 3.63) is 0 Å². The van der Waals surface area contributed by atoms with Crippen LogP contribution in [0.25, 0.3) is 0 Å². The Labute approximate surface area is 90.6 Å². The second-order valence-corrected chi connectivity index (χ2v) is 3.94. The zero-order valence-electron chi connectivity index (χ0n) is 9.66. The third-order valence-electron chi connectivity index (χ3n) is 3.08. The highest BCUT2D eigenvalue weighted by Gasteiger charge is 2.37. The lowest BCUT2D eigenvalue weighted by Gasteiger charge is -2.25. The predicted octanol–water partition coefficient (Wildman–Crippen LogP) is 1.20. The normalized spacial score (nSPS) is 21.2. The van der Waals surface area contributed by atoms with E-state index in [0.29, 0.717) is 13.0 Å². The van der Waals surface area contributed by atoms with Crippen LogP contribution in [0.5, 0.6) is 0 Å². The van der Waals surface area contributed by atoms with Crippen molar-refractivity contribution >= 4 is 11.9 Å². The van der Waals surface area contributed by atoms with Gasteiger partial charge in [0.25, 0.3) is 0 Å². The Morgan fingerprint density at radius 1 is 1.53 bits per heavy atom. The molecule has 4 heteroatoms. The Kier molecular flexibility index (Phi) is 4.12. The lowest BCUT2D eigenvalue weighted by molar-refractivity contribution is -0.145. The second-order valence-electron chi connectivity index (χ2n) is 3.94. The largest absolute Gasteiger partial charge is 0.469 e. The molecule has 4 nitrogen and oxygen atoms in total. The summed E-state index contributed by atoms with van der Waals surface area (Å²) in [6, 6.07) is 0.271. The van der Waals surface area contributed by atoms with Gasteiger partial charge >= 0.3 is 5.97 Å². The van der Waals surface area contributed by atoms with Crippen LogP contribution in [0, 0.1) is 5.92 Å². The van der Waals surface area contributed by atoms with Crippen molar-refractivity contribution in [3.8, 4) is 0 Å². The molecule has 15 heavy (non-hydrogen) atoms. The molecule has 1 fully saturated rings. The quantitative estimate of drug-likeness (QED) is 0.659. The monoisotopic (exact) mass is 213 g/mol. The van der Waals surface area contributed by atoms with Crippen LogP contribution >= 0.6 is 0 Å². The maximum absolute atomic E-state index is 11.7. The number of carbonyl (C=O) groups is 2. The van der Waals surface area contributed by atoms with Crippen LogP contribution in [-0.2, 0) is 14.3 Å². The zero-order chi connectivity index (χ0) is 11.4. The van der Waals surface area contributed by atoms with Crippen LogP contribution in [-0.4, -0.2) is 36.5 Å². The van der Waals surface area contributed by atoms with Gasteiger partial charge in [-0.25, -0.2) is 0 Å². The molecule has 0 N–H and O–H groups in total. The van der Waals surface area contributed by atoms with E-state index in [2.05, 4.69) is 18.6 Å². The van der Waals surface area contributed by atoms with Gasteiger partial charge in [0, 0.05) is 19.0 Å². The van der Waals surface area contributed by atoms with Crippen LogP contribution in [0.4, 0.5) is 0 Å². The summed E-state index contributed by atoms with van der Waals surface area (Å²) in [5.41, 5.74) is 0. The van der Waals surface area contributed by atoms with Gasteiger partial charge in [-0.1, -0.05) is 13.8 Å². The third-order valence-corrected chi connectivity index (χ3v) is 3.08. The summed E-state index contributed by atoms with van der Waals surface area (Å²) in [5, 5.41) is 0. The van der Waals surface area contributed by atoms with Crippen LogP contribution in [0.3, 0.4) is 0 Å². The van der Waals surface area contributed by atoms with E-state index in [9.17, 15) is 9.59 Å². The SMILES string of the molecule is CCC(CC)N1CC(C(=O)OC)CC1=O. The summed E-state index contributed by atoms with van der Waals surface area (Å²) < 4.78 is 4.66. The molecule has 1 aliphatic heterocycles. The first kappa shape index (κ1) is 12.0. The van der Waals surface area contributed by atoms with Crippen molar-refractivity contribution in [3.63, 3.8) is 0 Å². The van der Waals surface area contributed by atoms with Crippen molar-refractivity contribution in [2.24, 2.45) is 5.92 Å². The van der Waals surface area contributed by atoms with Gasteiger partial charge in [-0.3, -0.25) is 9.59 Å². The molecule has 1 unspecified atom stereocenters. The minimum atomic E-state index is -0.267. The molecule has 0 aromatic carbocycles. The van der Waals surface area contributed by atoms with Crippen LogP contribution in [0.1, 0.15) is 33.1 Å². The molecule has 1 atom stereocenters. The first-order valence-electron chi connectivity index (χ1n) is 5.51. The van der Waals surface area contributed by atoms with Crippen molar-refractivity contribution in [1.29, 1.82) is 0 Å². The smallest absolute Gasteiger partial charge is 0.310 e. The average molecular weight is 213 g/mol. The standard InChI is InChI=1S/C11H19NO3/c1-4-9(5-2)12-7-8(6-10(12)13)11(14)15-3/h8-9H,4-7H2,1-3H3. The zero-order valence-corrected chi connectivity index (χ0v) is 9.66. The van der Waals surface area contributed by atoms with E-state index in [1.807, 2.05) is 4.90 Å². The van der Waals surface area contributed by atoms with E-state index in [4.69, 9.17) is 0 Å². The molecule has 0 aromatic heterocycles. The first-order chi connectivity index (χ1) is 7.13. The van der Waals surface area contributed by atoms with E-state index in [1.165, 1.54) is 7.11 Å². The molecule has 0 aromatic rings. The Hall–Kier alpha value is -1.06. The molecule has 0 bridgehead atoms. The number of nitrogens with zero attached hydrogens (tertiary/aromatic N) is 1. The molecule has 1 aliphatic rings. The summed E-state index contributed by atoms with van der Waals surface area (Å²) in [5.74, 6) is -0.445. The lowest BCUT2D eigenvalue weighted by atomic mass is 10.1. The Bertz CT molecular complexity index is 248. The topological polar surface area (TPSA) is 46.6 Å². The highest BCUT2D eigenvalue weighted by Crippen LogP contribution is 2.23. The Morgan fingerprint density at radius 2 is 2.13 bits per heavy atom. The maximum Gasteiger partial charge on any atom is 0.310 e. The van der Waals surface area contributed by atoms with Gasteiger partial charge in [-0.05, 0) is 12.8 Å². The van der Waals surface area contributed by atoms with E-state index in [1.54, 1.807) is 0 Å². The number of carbonyl (C=O) groups excluding carboxylic acids is 2. The van der Waals surface area contributed by atoms with Crippen LogP contribution in [0.2, 0.25) is 0 Å². The molecule has 0 spiro atoms. The number of methoxy groups -OCH3 is 1. The van der Waals surface area contributed by atoms with Crippen molar-refractivity contribution in [2.45, 2.75) is 39.2 Å². The van der Waals surface area contributed by atoms with E-state index < -0.39 is 0 Å². The number of amides is 1. The Balaban J connectivity index is 2.63. The highest BCUT2D eigenvalue weighted by molar-refractivity contribution is 5.86. The molecule has 86 valence electrons. The van der Waals surface area contributed by atoms with Crippen molar-refractivity contribution in [2.75, 3.05) is 13.7 Å². The minimum absolute atomic E-state index is 0.0825. The van der Waals surface area contributed by atoms with Crippen molar-refractivity contribution in [1.82, 2.24) is 4.90 Å². The lowest BCUT2D eigenvalue weighted by Crippen LogP contribution is -2.36. The maximum atomic E-state index is 11.7. The number of ether oxygens (including phenoxy) is 1. The molecular weight excluding hydrogens is 194 g/mol. The first-order valence-corrected chi connectivity index (χ1v) is 5.51. The fraction of sp³-hybridized carbons (Fsp3) is 0.818. The number of hydrogen-bond acceptors (Lipinski definition) is 3. The summed E-state index contributed by atoms with van der Waals surface area (Å²) in [6.45, 7) is 4.65. The molecule has 1 saturated heterocycles. The van der Waals surface area contributed by atoms with Gasteiger partial charge in [-0.2, -0.15) is 0 Å². The Morgan fingerprint density at radius 3 is 2.60 bits per heavy atom. The summed E-state index contributed by atoms with van der Waals surface area (Å²) >= 11 is 0. The summed E-state index contributed by atoms with van der Waals surface area (Å²) in [4.78, 5) is 24.8. The molecule has 0 saturated carbocycles. The molecule has 1 heterocycles. The molecular formula is C11H19NO3. The summed E-state index contributed by atoms with van der Waals surface area (Å²) in [6.07, 6.45) is 2.19. The highest BCUT2D eigenvalue weighted by atomic mass is 16.5. The molecule has 1 amide bonds. The van der Waals surface area contributed by atoms with Crippen LogP contribution < -0.4 is 0 Å².